The van der Waals surface area contributed by atoms with Gasteiger partial charge in [-0.3, -0.25) is 4.72 Å². The van der Waals surface area contributed by atoms with E-state index in [1.54, 1.807) is 6.92 Å². The van der Waals surface area contributed by atoms with Crippen molar-refractivity contribution in [3.8, 4) is 0 Å². The summed E-state index contributed by atoms with van der Waals surface area (Å²) >= 11 is 0. The summed E-state index contributed by atoms with van der Waals surface area (Å²) in [6, 6.07) is 5.69. The van der Waals surface area contributed by atoms with E-state index in [2.05, 4.69) is 17.0 Å². The molecule has 4 nitrogen and oxygen atoms in total. The van der Waals surface area contributed by atoms with Gasteiger partial charge in [-0.25, -0.2) is 8.42 Å². The van der Waals surface area contributed by atoms with Crippen molar-refractivity contribution in [3.63, 3.8) is 0 Å². The van der Waals surface area contributed by atoms with Gasteiger partial charge in [0.1, 0.15) is 0 Å². The molecule has 0 heterocycles. The second-order valence-electron chi connectivity index (χ2n) is 4.98. The van der Waals surface area contributed by atoms with Crippen LogP contribution in [0, 0.1) is 13.8 Å². The highest BCUT2D eigenvalue weighted by molar-refractivity contribution is 7.93. The molecule has 0 aliphatic rings. The molecule has 0 spiro atoms. The summed E-state index contributed by atoms with van der Waals surface area (Å²) in [5, 5.41) is 2.67. The molecule has 1 aromatic carbocycles. The van der Waals surface area contributed by atoms with Gasteiger partial charge in [-0.15, -0.1) is 0 Å². The lowest BCUT2D eigenvalue weighted by Crippen LogP contribution is -2.35. The van der Waals surface area contributed by atoms with E-state index in [0.29, 0.717) is 12.2 Å². The zero-order valence-electron chi connectivity index (χ0n) is 12.2. The predicted molar refractivity (Wildman–Crippen MR) is 81.1 cm³/mol. The Hall–Kier alpha value is -1.07. The fourth-order valence-electron chi connectivity index (χ4n) is 1.77. The third kappa shape index (κ3) is 4.84. The molecule has 1 rings (SSSR count). The Bertz CT molecular complexity index is 512. The van der Waals surface area contributed by atoms with E-state index in [-0.39, 0.29) is 0 Å². The topological polar surface area (TPSA) is 58.2 Å². The maximum Gasteiger partial charge on any atom is 0.236 e. The quantitative estimate of drug-likeness (QED) is 0.756. The van der Waals surface area contributed by atoms with Crippen LogP contribution in [0.2, 0.25) is 0 Å². The van der Waals surface area contributed by atoms with E-state index >= 15 is 0 Å². The fourth-order valence-corrected chi connectivity index (χ4v) is 2.85. The Morgan fingerprint density at radius 3 is 2.53 bits per heavy atom. The van der Waals surface area contributed by atoms with Crippen molar-refractivity contribution < 1.29 is 8.42 Å². The van der Waals surface area contributed by atoms with Crippen LogP contribution in [0.5, 0.6) is 0 Å². The molecule has 1 aromatic rings. The molecule has 108 valence electrons. The van der Waals surface area contributed by atoms with Gasteiger partial charge in [0.05, 0.1) is 10.9 Å². The summed E-state index contributed by atoms with van der Waals surface area (Å²) in [4.78, 5) is 0. The largest absolute Gasteiger partial charge is 0.315 e. The third-order valence-corrected chi connectivity index (χ3v) is 4.75. The molecule has 0 aliphatic heterocycles. The van der Waals surface area contributed by atoms with Crippen LogP contribution in [0.4, 0.5) is 5.69 Å². The van der Waals surface area contributed by atoms with Gasteiger partial charge in [0.25, 0.3) is 0 Å². The maximum atomic E-state index is 12.2. The first-order chi connectivity index (χ1) is 8.86. The zero-order valence-corrected chi connectivity index (χ0v) is 13.0. The standard InChI is InChI=1S/C14H24N2O2S/c1-5-8-15-10-13(4)19(17,18)16-14-7-6-11(2)9-12(14)3/h6-7,9,13,15-16H,5,8,10H2,1-4H3. The molecule has 5 heteroatoms. The summed E-state index contributed by atoms with van der Waals surface area (Å²) in [7, 11) is -3.34. The molecule has 0 bridgehead atoms. The lowest BCUT2D eigenvalue weighted by atomic mass is 10.1. The maximum absolute atomic E-state index is 12.2. The minimum Gasteiger partial charge on any atom is -0.315 e. The summed E-state index contributed by atoms with van der Waals surface area (Å²) in [6.45, 7) is 8.97. The first kappa shape index (κ1) is 16.0. The van der Waals surface area contributed by atoms with Gasteiger partial charge < -0.3 is 5.32 Å². The van der Waals surface area contributed by atoms with Crippen LogP contribution in [0.3, 0.4) is 0 Å². The van der Waals surface area contributed by atoms with E-state index in [9.17, 15) is 8.42 Å². The van der Waals surface area contributed by atoms with Gasteiger partial charge >= 0.3 is 0 Å². The Morgan fingerprint density at radius 1 is 1.26 bits per heavy atom. The summed E-state index contributed by atoms with van der Waals surface area (Å²) in [6.07, 6.45) is 0.997. The monoisotopic (exact) mass is 284 g/mol. The fraction of sp³-hybridized carbons (Fsp3) is 0.571. The average Bonchev–Trinajstić information content (AvgIpc) is 2.33. The van der Waals surface area contributed by atoms with Gasteiger partial charge in [-0.1, -0.05) is 24.6 Å². The molecular formula is C14H24N2O2S. The van der Waals surface area contributed by atoms with Crippen LogP contribution >= 0.6 is 0 Å². The first-order valence-corrected chi connectivity index (χ1v) is 8.21. The van der Waals surface area contributed by atoms with Crippen LogP contribution in [0.25, 0.3) is 0 Å². The van der Waals surface area contributed by atoms with Gasteiger partial charge in [0.15, 0.2) is 0 Å². The molecule has 0 saturated carbocycles. The van der Waals surface area contributed by atoms with E-state index in [1.165, 1.54) is 0 Å². The molecule has 0 amide bonds. The van der Waals surface area contributed by atoms with Crippen molar-refractivity contribution in [3.05, 3.63) is 29.3 Å². The molecule has 2 N–H and O–H groups in total. The number of anilines is 1. The average molecular weight is 284 g/mol. The zero-order chi connectivity index (χ0) is 14.5. The van der Waals surface area contributed by atoms with Crippen LogP contribution in [0.1, 0.15) is 31.4 Å². The van der Waals surface area contributed by atoms with Crippen molar-refractivity contribution in [1.29, 1.82) is 0 Å². The van der Waals surface area contributed by atoms with Crippen molar-refractivity contribution in [1.82, 2.24) is 5.32 Å². The number of rotatable bonds is 7. The highest BCUT2D eigenvalue weighted by Gasteiger charge is 2.20. The second kappa shape index (κ2) is 6.91. The van der Waals surface area contributed by atoms with Crippen molar-refractivity contribution in [2.75, 3.05) is 17.8 Å². The molecule has 0 fully saturated rings. The van der Waals surface area contributed by atoms with Gasteiger partial charge in [-0.05, 0) is 45.4 Å². The number of nitrogens with one attached hydrogen (secondary N) is 2. The molecular weight excluding hydrogens is 260 g/mol. The molecule has 0 saturated heterocycles. The van der Waals surface area contributed by atoms with Crippen LogP contribution in [-0.2, 0) is 10.0 Å². The first-order valence-electron chi connectivity index (χ1n) is 6.66. The lowest BCUT2D eigenvalue weighted by molar-refractivity contribution is 0.575. The van der Waals surface area contributed by atoms with E-state index in [1.807, 2.05) is 32.0 Å². The van der Waals surface area contributed by atoms with Crippen LogP contribution < -0.4 is 10.0 Å². The SMILES string of the molecule is CCCNCC(C)S(=O)(=O)Nc1ccc(C)cc1C. The smallest absolute Gasteiger partial charge is 0.236 e. The van der Waals surface area contributed by atoms with Gasteiger partial charge in [0.2, 0.25) is 10.0 Å². The Labute approximate surface area is 116 Å². The van der Waals surface area contributed by atoms with E-state index in [4.69, 9.17) is 0 Å². The molecule has 0 aromatic heterocycles. The number of aryl methyl sites for hydroxylation is 2. The number of hydrogen-bond donors (Lipinski definition) is 2. The lowest BCUT2D eigenvalue weighted by Gasteiger charge is -2.16. The van der Waals surface area contributed by atoms with Gasteiger partial charge in [-0.2, -0.15) is 0 Å². The number of hydrogen-bond acceptors (Lipinski definition) is 3. The van der Waals surface area contributed by atoms with Crippen molar-refractivity contribution in [2.45, 2.75) is 39.4 Å². The number of benzene rings is 1. The molecule has 0 radical (unpaired) electrons. The summed E-state index contributed by atoms with van der Waals surface area (Å²) < 4.78 is 27.0. The minimum absolute atomic E-state index is 0.459. The Kier molecular flexibility index (Phi) is 5.82. The highest BCUT2D eigenvalue weighted by Crippen LogP contribution is 2.18. The van der Waals surface area contributed by atoms with E-state index < -0.39 is 15.3 Å². The molecule has 1 unspecified atom stereocenters. The molecule has 19 heavy (non-hydrogen) atoms. The van der Waals surface area contributed by atoms with Crippen LogP contribution in [-0.4, -0.2) is 26.8 Å². The van der Waals surface area contributed by atoms with E-state index in [0.717, 1.165) is 24.1 Å². The third-order valence-electron chi connectivity index (χ3n) is 3.02. The second-order valence-corrected chi connectivity index (χ2v) is 7.08. The van der Waals surface area contributed by atoms with Crippen LogP contribution in [0.15, 0.2) is 18.2 Å². The molecule has 1 atom stereocenters. The summed E-state index contributed by atoms with van der Waals surface area (Å²) in [5.41, 5.74) is 2.73. The molecule has 0 aliphatic carbocycles. The number of sulfonamides is 1. The van der Waals surface area contributed by atoms with Crippen molar-refractivity contribution >= 4 is 15.7 Å². The normalized spacial score (nSPS) is 13.3. The predicted octanol–water partition coefficient (Wildman–Crippen LogP) is 2.43. The summed E-state index contributed by atoms with van der Waals surface area (Å²) in [5.74, 6) is 0. The van der Waals surface area contributed by atoms with Crippen molar-refractivity contribution in [2.24, 2.45) is 0 Å². The Balaban J connectivity index is 2.73. The Morgan fingerprint density at radius 2 is 1.95 bits per heavy atom. The highest BCUT2D eigenvalue weighted by atomic mass is 32.2. The van der Waals surface area contributed by atoms with Gasteiger partial charge in [0, 0.05) is 6.54 Å². The minimum atomic E-state index is -3.34.